The summed E-state index contributed by atoms with van der Waals surface area (Å²) >= 11 is -3.29. The van der Waals surface area contributed by atoms with Gasteiger partial charge < -0.3 is 0 Å². The Morgan fingerprint density at radius 1 is 1.50 bits per heavy atom. The molecule has 0 saturated carbocycles. The van der Waals surface area contributed by atoms with E-state index < -0.39 is 14.8 Å². The van der Waals surface area contributed by atoms with Gasteiger partial charge in [0.25, 0.3) is 0 Å². The molecule has 0 atom stereocenters. The normalized spacial score (nSPS) is 8.75. The summed E-state index contributed by atoms with van der Waals surface area (Å²) in [6.45, 7) is 0. The first-order valence-corrected chi connectivity index (χ1v) is 2.19. The van der Waals surface area contributed by atoms with Crippen molar-refractivity contribution in [2.24, 2.45) is 0 Å². The van der Waals surface area contributed by atoms with Gasteiger partial charge in [-0.1, -0.05) is 0 Å². The van der Waals surface area contributed by atoms with E-state index in [9.17, 15) is 0 Å². The van der Waals surface area contributed by atoms with Crippen LogP contribution in [0.5, 0.6) is 0 Å². The third kappa shape index (κ3) is 55.4. The fourth-order valence-corrected chi connectivity index (χ4v) is 0. The molecular weight excluding hydrogens is 100.0 g/mol. The SMILES string of the molecule is [O]=[Cr]([OH])[OH]. The van der Waals surface area contributed by atoms with Crippen LogP contribution in [-0.4, -0.2) is 8.32 Å². The maximum absolute atomic E-state index is 8.76. The summed E-state index contributed by atoms with van der Waals surface area (Å²) in [5, 5.41) is 0. The predicted molar refractivity (Wildman–Crippen MR) is 5.12 cm³/mol. The summed E-state index contributed by atoms with van der Waals surface area (Å²) in [6.07, 6.45) is 0. The van der Waals surface area contributed by atoms with Crippen molar-refractivity contribution in [3.05, 3.63) is 0 Å². The Labute approximate surface area is 27.8 Å². The Bertz CT molecular complexity index is 26.3. The van der Waals surface area contributed by atoms with Crippen molar-refractivity contribution in [3.63, 3.8) is 0 Å². The van der Waals surface area contributed by atoms with Crippen molar-refractivity contribution in [2.75, 3.05) is 0 Å². The van der Waals surface area contributed by atoms with Crippen LogP contribution in [0.2, 0.25) is 0 Å². The van der Waals surface area contributed by atoms with Gasteiger partial charge in [-0.2, -0.15) is 0 Å². The molecule has 0 fully saturated rings. The van der Waals surface area contributed by atoms with Gasteiger partial charge in [0.05, 0.1) is 0 Å². The number of hydrogen-bond acceptors (Lipinski definition) is 1. The molecule has 0 bridgehead atoms. The van der Waals surface area contributed by atoms with E-state index in [1.165, 1.54) is 0 Å². The monoisotopic (exact) mass is 102 g/mol. The molecule has 0 spiro atoms. The van der Waals surface area contributed by atoms with E-state index in [1.807, 2.05) is 0 Å². The fourth-order valence-electron chi connectivity index (χ4n) is 0. The van der Waals surface area contributed by atoms with Crippen LogP contribution in [0.15, 0.2) is 0 Å². The molecule has 4 heteroatoms. The minimum absolute atomic E-state index is 3.29. The molecule has 0 aromatic rings. The van der Waals surface area contributed by atoms with Crippen molar-refractivity contribution in [3.8, 4) is 0 Å². The summed E-state index contributed by atoms with van der Waals surface area (Å²) in [7, 11) is 0. The summed E-state index contributed by atoms with van der Waals surface area (Å²) in [4.78, 5) is 0. The molecule has 0 unspecified atom stereocenters. The van der Waals surface area contributed by atoms with E-state index in [0.717, 1.165) is 0 Å². The number of rotatable bonds is 0. The second-order valence-corrected chi connectivity index (χ2v) is 0.951. The molecule has 0 radical (unpaired) electrons. The van der Waals surface area contributed by atoms with E-state index in [0.29, 0.717) is 0 Å². The second-order valence-electron chi connectivity index (χ2n) is 0.231. The molecule has 0 aliphatic carbocycles. The molecule has 0 aromatic carbocycles. The second kappa shape index (κ2) is 1.56. The van der Waals surface area contributed by atoms with Crippen LogP contribution >= 0.6 is 0 Å². The molecule has 0 heterocycles. The average Bonchev–Trinajstić information content (AvgIpc) is 0.811. The van der Waals surface area contributed by atoms with Crippen LogP contribution in [0.4, 0.5) is 0 Å². The topological polar surface area (TPSA) is 57.5 Å². The predicted octanol–water partition coefficient (Wildman–Crippen LogP) is -1.24. The molecule has 26 valence electrons. The molecule has 0 rings (SSSR count). The Balaban J connectivity index is 2.80. The van der Waals surface area contributed by atoms with E-state index in [2.05, 4.69) is 0 Å². The van der Waals surface area contributed by atoms with Crippen molar-refractivity contribution in [1.82, 2.24) is 0 Å². The number of hydrogen-bond donors (Lipinski definition) is 2. The van der Waals surface area contributed by atoms with Crippen molar-refractivity contribution in [1.29, 1.82) is 0 Å². The van der Waals surface area contributed by atoms with Gasteiger partial charge in [0, 0.05) is 0 Å². The third-order valence-electron chi connectivity index (χ3n) is 0. The molecule has 0 amide bonds. The van der Waals surface area contributed by atoms with E-state index in [-0.39, 0.29) is 0 Å². The first-order chi connectivity index (χ1) is 1.73. The van der Waals surface area contributed by atoms with E-state index in [1.54, 1.807) is 0 Å². The van der Waals surface area contributed by atoms with Gasteiger partial charge in [-0.25, -0.2) is 0 Å². The maximum atomic E-state index is 8.76. The molecule has 0 aromatic heterocycles. The van der Waals surface area contributed by atoms with Crippen LogP contribution in [0.25, 0.3) is 0 Å². The minimum atomic E-state index is -3.29. The zero-order chi connectivity index (χ0) is 3.58. The molecule has 0 saturated heterocycles. The van der Waals surface area contributed by atoms with E-state index in [4.69, 9.17) is 12.1 Å². The molecular formula is H2CrO3. The first kappa shape index (κ1) is 4.25. The van der Waals surface area contributed by atoms with Gasteiger partial charge in [-0.3, -0.25) is 0 Å². The standard InChI is InChI=1S/Cr.2H2O.O/h;2*1H2;/q+2;;;/p-2. The molecule has 3 nitrogen and oxygen atoms in total. The Morgan fingerprint density at radius 2 is 1.50 bits per heavy atom. The molecule has 0 aliphatic rings. The van der Waals surface area contributed by atoms with Crippen LogP contribution in [-0.2, 0) is 18.6 Å². The zero-order valence-electron chi connectivity index (χ0n) is 1.71. The third-order valence-corrected chi connectivity index (χ3v) is 0. The zero-order valence-corrected chi connectivity index (χ0v) is 2.99. The average molecular weight is 102 g/mol. The van der Waals surface area contributed by atoms with Crippen molar-refractivity contribution in [2.45, 2.75) is 0 Å². The van der Waals surface area contributed by atoms with Crippen molar-refractivity contribution >= 4 is 0 Å². The van der Waals surface area contributed by atoms with Gasteiger partial charge in [-0.05, 0) is 0 Å². The van der Waals surface area contributed by atoms with Crippen LogP contribution < -0.4 is 0 Å². The van der Waals surface area contributed by atoms with Gasteiger partial charge in [0.1, 0.15) is 0 Å². The van der Waals surface area contributed by atoms with Gasteiger partial charge >= 0.3 is 26.9 Å². The summed E-state index contributed by atoms with van der Waals surface area (Å²) < 4.78 is 23.1. The van der Waals surface area contributed by atoms with Crippen LogP contribution in [0.1, 0.15) is 0 Å². The molecule has 4 heavy (non-hydrogen) atoms. The molecule has 2 N–H and O–H groups in total. The fraction of sp³-hybridized carbons (Fsp3) is 0. The van der Waals surface area contributed by atoms with Crippen LogP contribution in [0, 0.1) is 0 Å². The van der Waals surface area contributed by atoms with E-state index >= 15 is 0 Å². The Hall–Kier alpha value is 0.252. The Kier molecular flexibility index (Phi) is 1.66. The van der Waals surface area contributed by atoms with Gasteiger partial charge in [0.2, 0.25) is 0 Å². The van der Waals surface area contributed by atoms with Crippen molar-refractivity contribution < 1.29 is 26.9 Å². The summed E-state index contributed by atoms with van der Waals surface area (Å²) in [5.41, 5.74) is 0. The molecule has 0 aliphatic heterocycles. The quantitative estimate of drug-likeness (QED) is 0.402. The first-order valence-electron chi connectivity index (χ1n) is 0.532. The van der Waals surface area contributed by atoms with Gasteiger partial charge in [0.15, 0.2) is 0 Å². The summed E-state index contributed by atoms with van der Waals surface area (Å²) in [6, 6.07) is 0. The van der Waals surface area contributed by atoms with Crippen LogP contribution in [0.3, 0.4) is 0 Å². The van der Waals surface area contributed by atoms with Gasteiger partial charge in [-0.15, -0.1) is 0 Å². The summed E-state index contributed by atoms with van der Waals surface area (Å²) in [5.74, 6) is 0. The Morgan fingerprint density at radius 3 is 1.50 bits per heavy atom.